The second-order valence-corrected chi connectivity index (χ2v) is 19.4. The number of rotatable bonds is 43. The van der Waals surface area contributed by atoms with E-state index in [1.54, 1.807) is 0 Å². The van der Waals surface area contributed by atoms with Crippen molar-refractivity contribution in [3.8, 4) is 0 Å². The standard InChI is InChI=1S/C49H93O13P/c1-3-5-7-9-11-13-15-17-19-21-22-24-25-27-29-31-33-35-37-42(50)59-39-41(40-60-63(57,58)62-49-47(55)45(53)44(52)46(54)48(49)56)61-43(51)38-36-34-32-30-28-26-23-20-18-16-14-12-10-8-6-4-2/h20,23,41,44-49,52-56H,3-19,21-22,24-40H2,1-2H3,(H,57,58)/b23-20-/t41-,44?,45-,46?,47?,48?,49?/m1/s1. The van der Waals surface area contributed by atoms with Gasteiger partial charge in [0.15, 0.2) is 6.10 Å². The molecule has 0 spiro atoms. The van der Waals surface area contributed by atoms with Crippen molar-refractivity contribution in [3.05, 3.63) is 12.2 Å². The third-order valence-corrected chi connectivity index (χ3v) is 13.1. The van der Waals surface area contributed by atoms with E-state index < -0.39 is 75.7 Å². The van der Waals surface area contributed by atoms with E-state index >= 15 is 0 Å². The molecule has 0 aromatic rings. The van der Waals surface area contributed by atoms with Gasteiger partial charge in [-0.2, -0.15) is 0 Å². The molecule has 0 heterocycles. The van der Waals surface area contributed by atoms with Crippen molar-refractivity contribution in [1.82, 2.24) is 0 Å². The molecule has 6 unspecified atom stereocenters. The van der Waals surface area contributed by atoms with Crippen molar-refractivity contribution in [2.24, 2.45) is 0 Å². The van der Waals surface area contributed by atoms with Crippen molar-refractivity contribution in [1.29, 1.82) is 0 Å². The average Bonchev–Trinajstić information content (AvgIpc) is 3.26. The van der Waals surface area contributed by atoms with Gasteiger partial charge in [-0.3, -0.25) is 18.6 Å². The van der Waals surface area contributed by atoms with E-state index in [2.05, 4.69) is 26.0 Å². The van der Waals surface area contributed by atoms with Crippen LogP contribution in [0.25, 0.3) is 0 Å². The Balaban J connectivity index is 2.40. The van der Waals surface area contributed by atoms with Gasteiger partial charge in [0, 0.05) is 12.8 Å². The second-order valence-electron chi connectivity index (χ2n) is 18.0. The summed E-state index contributed by atoms with van der Waals surface area (Å²) in [7, 11) is -5.12. The molecule has 6 N–H and O–H groups in total. The number of aliphatic hydroxyl groups is 5. The summed E-state index contributed by atoms with van der Waals surface area (Å²) < 4.78 is 33.6. The smallest absolute Gasteiger partial charge is 0.462 e. The molecule has 0 aromatic carbocycles. The lowest BCUT2D eigenvalue weighted by Gasteiger charge is -2.41. The zero-order chi connectivity index (χ0) is 46.4. The Hall–Kier alpha value is -1.41. The van der Waals surface area contributed by atoms with Crippen molar-refractivity contribution < 1.29 is 63.1 Å². The SMILES string of the molecule is CCCCCCCCC/C=C\CCCCCCCC(=O)O[C@H](COC(=O)CCCCCCCCCCCCCCCCCCCC)COP(=O)(O)OC1C(O)C(O)C(O)[C@@H](O)C1O. The topological polar surface area (TPSA) is 210 Å². The van der Waals surface area contributed by atoms with E-state index in [-0.39, 0.29) is 12.8 Å². The van der Waals surface area contributed by atoms with Gasteiger partial charge in [0.05, 0.1) is 6.61 Å². The first kappa shape index (κ1) is 59.6. The molecule has 14 heteroatoms. The molecule has 0 aromatic heterocycles. The van der Waals surface area contributed by atoms with Crippen molar-refractivity contribution in [3.63, 3.8) is 0 Å². The molecule has 0 radical (unpaired) electrons. The van der Waals surface area contributed by atoms with Crippen LogP contribution in [0.5, 0.6) is 0 Å². The van der Waals surface area contributed by atoms with E-state index in [1.807, 2.05) is 0 Å². The molecule has 1 aliphatic rings. The third-order valence-electron chi connectivity index (χ3n) is 12.1. The summed E-state index contributed by atoms with van der Waals surface area (Å²) in [4.78, 5) is 35.8. The van der Waals surface area contributed by atoms with Gasteiger partial charge in [-0.05, 0) is 38.5 Å². The maximum Gasteiger partial charge on any atom is 0.472 e. The third kappa shape index (κ3) is 32.0. The fourth-order valence-corrected chi connectivity index (χ4v) is 8.96. The zero-order valence-corrected chi connectivity index (χ0v) is 40.5. The number of carbonyl (C=O) groups excluding carboxylic acids is 2. The second kappa shape index (κ2) is 39.7. The first-order valence-electron chi connectivity index (χ1n) is 25.5. The van der Waals surface area contributed by atoms with Gasteiger partial charge in [-0.1, -0.05) is 193 Å². The molecule has 0 aliphatic heterocycles. The Morgan fingerprint density at radius 2 is 0.810 bits per heavy atom. The van der Waals surface area contributed by atoms with E-state index in [1.165, 1.54) is 135 Å². The number of aliphatic hydroxyl groups excluding tert-OH is 5. The number of hydrogen-bond donors (Lipinski definition) is 6. The number of allylic oxidation sites excluding steroid dienone is 2. The van der Waals surface area contributed by atoms with Crippen LogP contribution in [0.1, 0.15) is 232 Å². The fourth-order valence-electron chi connectivity index (χ4n) is 7.99. The summed E-state index contributed by atoms with van der Waals surface area (Å²) in [6.45, 7) is 3.33. The predicted octanol–water partition coefficient (Wildman–Crippen LogP) is 10.6. The van der Waals surface area contributed by atoms with Gasteiger partial charge in [0.1, 0.15) is 43.2 Å². The van der Waals surface area contributed by atoms with Crippen LogP contribution in [-0.2, 0) is 32.7 Å². The van der Waals surface area contributed by atoms with E-state index in [9.17, 15) is 44.6 Å². The van der Waals surface area contributed by atoms with Gasteiger partial charge in [-0.15, -0.1) is 0 Å². The molecule has 8 atom stereocenters. The number of esters is 2. The van der Waals surface area contributed by atoms with Gasteiger partial charge in [-0.25, -0.2) is 4.57 Å². The highest BCUT2D eigenvalue weighted by Gasteiger charge is 2.51. The zero-order valence-electron chi connectivity index (χ0n) is 39.6. The summed E-state index contributed by atoms with van der Waals surface area (Å²) in [5, 5.41) is 50.2. The first-order valence-corrected chi connectivity index (χ1v) is 27.0. The number of phosphoric acid groups is 1. The Morgan fingerprint density at radius 1 is 0.476 bits per heavy atom. The van der Waals surface area contributed by atoms with Crippen LogP contribution in [0.15, 0.2) is 12.2 Å². The average molecular weight is 921 g/mol. The first-order chi connectivity index (χ1) is 30.4. The summed E-state index contributed by atoms with van der Waals surface area (Å²) in [5.41, 5.74) is 0. The number of phosphoric ester groups is 1. The van der Waals surface area contributed by atoms with E-state index in [0.29, 0.717) is 12.8 Å². The minimum Gasteiger partial charge on any atom is -0.462 e. The molecule has 13 nitrogen and oxygen atoms in total. The van der Waals surface area contributed by atoms with Gasteiger partial charge in [0.2, 0.25) is 0 Å². The van der Waals surface area contributed by atoms with Gasteiger partial charge < -0.3 is 39.9 Å². The molecule has 0 saturated heterocycles. The monoisotopic (exact) mass is 921 g/mol. The minimum atomic E-state index is -5.12. The molecular formula is C49H93O13P. The largest absolute Gasteiger partial charge is 0.472 e. The lowest BCUT2D eigenvalue weighted by molar-refractivity contribution is -0.220. The molecule has 63 heavy (non-hydrogen) atoms. The van der Waals surface area contributed by atoms with Crippen LogP contribution in [0.2, 0.25) is 0 Å². The van der Waals surface area contributed by atoms with Crippen LogP contribution in [0.4, 0.5) is 0 Å². The Morgan fingerprint density at radius 3 is 1.21 bits per heavy atom. The molecule has 1 saturated carbocycles. The summed E-state index contributed by atoms with van der Waals surface area (Å²) in [6.07, 6.45) is 29.7. The van der Waals surface area contributed by atoms with Crippen molar-refractivity contribution >= 4 is 19.8 Å². The van der Waals surface area contributed by atoms with Crippen LogP contribution in [0, 0.1) is 0 Å². The fraction of sp³-hybridized carbons (Fsp3) is 0.918. The van der Waals surface area contributed by atoms with Crippen LogP contribution in [0.3, 0.4) is 0 Å². The molecule has 0 amide bonds. The summed E-state index contributed by atoms with van der Waals surface area (Å²) >= 11 is 0. The maximum absolute atomic E-state index is 12.8. The maximum atomic E-state index is 12.8. The number of hydrogen-bond acceptors (Lipinski definition) is 12. The minimum absolute atomic E-state index is 0.0912. The van der Waals surface area contributed by atoms with E-state index in [0.717, 1.165) is 57.8 Å². The van der Waals surface area contributed by atoms with E-state index in [4.69, 9.17) is 18.5 Å². The Labute approximate surface area is 382 Å². The van der Waals surface area contributed by atoms with Crippen molar-refractivity contribution in [2.45, 2.75) is 275 Å². The molecule has 1 fully saturated rings. The number of carbonyl (C=O) groups is 2. The normalized spacial score (nSPS) is 21.7. The lowest BCUT2D eigenvalue weighted by Crippen LogP contribution is -2.64. The predicted molar refractivity (Wildman–Crippen MR) is 249 cm³/mol. The number of unbranched alkanes of at least 4 members (excludes halogenated alkanes) is 29. The Bertz CT molecular complexity index is 1160. The van der Waals surface area contributed by atoms with Crippen LogP contribution < -0.4 is 0 Å². The molecular weight excluding hydrogens is 828 g/mol. The number of ether oxygens (including phenoxy) is 2. The Kier molecular flexibility index (Phi) is 37.6. The molecule has 0 bridgehead atoms. The van der Waals surface area contributed by atoms with Crippen LogP contribution in [-0.4, -0.2) is 98.3 Å². The quantitative estimate of drug-likeness (QED) is 0.0146. The molecule has 1 rings (SSSR count). The van der Waals surface area contributed by atoms with Crippen molar-refractivity contribution in [2.75, 3.05) is 13.2 Å². The van der Waals surface area contributed by atoms with Gasteiger partial charge in [0.25, 0.3) is 0 Å². The lowest BCUT2D eigenvalue weighted by atomic mass is 9.85. The summed E-state index contributed by atoms with van der Waals surface area (Å²) in [6, 6.07) is 0. The highest BCUT2D eigenvalue weighted by molar-refractivity contribution is 7.47. The van der Waals surface area contributed by atoms with Gasteiger partial charge >= 0.3 is 19.8 Å². The molecule has 372 valence electrons. The highest BCUT2D eigenvalue weighted by Crippen LogP contribution is 2.47. The molecule has 1 aliphatic carbocycles. The summed E-state index contributed by atoms with van der Waals surface area (Å²) in [5.74, 6) is -1.10. The highest BCUT2D eigenvalue weighted by atomic mass is 31.2. The van der Waals surface area contributed by atoms with Crippen LogP contribution >= 0.6 is 7.82 Å².